The van der Waals surface area contributed by atoms with Crippen LogP contribution in [0, 0.1) is 0 Å². The van der Waals surface area contributed by atoms with E-state index in [-0.39, 0.29) is 11.6 Å². The van der Waals surface area contributed by atoms with Crippen LogP contribution < -0.4 is 15.0 Å². The first-order chi connectivity index (χ1) is 13.1. The Kier molecular flexibility index (Phi) is 5.76. The molecule has 0 atom stereocenters. The van der Waals surface area contributed by atoms with Gasteiger partial charge in [-0.25, -0.2) is 0 Å². The van der Waals surface area contributed by atoms with Crippen LogP contribution in [0.25, 0.3) is 11.3 Å². The monoisotopic (exact) mass is 365 g/mol. The van der Waals surface area contributed by atoms with Crippen LogP contribution in [0.3, 0.4) is 0 Å². The fourth-order valence-corrected chi connectivity index (χ4v) is 2.67. The van der Waals surface area contributed by atoms with Gasteiger partial charge >= 0.3 is 0 Å². The number of rotatable bonds is 7. The minimum atomic E-state index is -0.252. The summed E-state index contributed by atoms with van der Waals surface area (Å²) in [5.74, 6) is 0.992. The Morgan fingerprint density at radius 1 is 1.15 bits per heavy atom. The van der Waals surface area contributed by atoms with Gasteiger partial charge in [-0.3, -0.25) is 4.79 Å². The molecule has 0 aliphatic rings. The van der Waals surface area contributed by atoms with Crippen LogP contribution in [0.4, 0.5) is 5.69 Å². The fraction of sp³-hybridized carbons (Fsp3) is 0.238. The Balaban J connectivity index is 1.56. The molecule has 3 rings (SSSR count). The zero-order valence-electron chi connectivity index (χ0n) is 15.7. The lowest BCUT2D eigenvalue weighted by molar-refractivity contribution is 0.0945. The van der Waals surface area contributed by atoms with Crippen molar-refractivity contribution < 1.29 is 14.1 Å². The molecule has 0 unspecified atom stereocenters. The van der Waals surface area contributed by atoms with E-state index in [0.29, 0.717) is 12.3 Å². The Hall–Kier alpha value is -3.28. The molecule has 1 heterocycles. The molecule has 1 amide bonds. The van der Waals surface area contributed by atoms with E-state index in [2.05, 4.69) is 39.6 Å². The van der Waals surface area contributed by atoms with Crippen LogP contribution >= 0.6 is 0 Å². The number of ether oxygens (including phenoxy) is 1. The zero-order chi connectivity index (χ0) is 19.2. The predicted octanol–water partition coefficient (Wildman–Crippen LogP) is 3.39. The van der Waals surface area contributed by atoms with Gasteiger partial charge < -0.3 is 19.5 Å². The first-order valence-electron chi connectivity index (χ1n) is 8.72. The van der Waals surface area contributed by atoms with Crippen molar-refractivity contribution in [1.82, 2.24) is 10.5 Å². The quantitative estimate of drug-likeness (QED) is 0.695. The fourth-order valence-electron chi connectivity index (χ4n) is 2.67. The van der Waals surface area contributed by atoms with Gasteiger partial charge in [0.25, 0.3) is 5.91 Å². The van der Waals surface area contributed by atoms with Crippen molar-refractivity contribution in [2.75, 3.05) is 32.6 Å². The van der Waals surface area contributed by atoms with Crippen LogP contribution in [0.15, 0.2) is 59.1 Å². The Labute approximate surface area is 158 Å². The number of aromatic nitrogens is 1. The van der Waals surface area contributed by atoms with Crippen molar-refractivity contribution in [2.24, 2.45) is 0 Å². The number of hydrogen-bond donors (Lipinski definition) is 1. The Morgan fingerprint density at radius 2 is 1.93 bits per heavy atom. The highest BCUT2D eigenvalue weighted by atomic mass is 16.5. The highest BCUT2D eigenvalue weighted by Crippen LogP contribution is 2.24. The van der Waals surface area contributed by atoms with Gasteiger partial charge in [0.15, 0.2) is 11.5 Å². The topological polar surface area (TPSA) is 67.6 Å². The third-order valence-corrected chi connectivity index (χ3v) is 4.25. The summed E-state index contributed by atoms with van der Waals surface area (Å²) in [6.45, 7) is 0.529. The van der Waals surface area contributed by atoms with Crippen molar-refractivity contribution in [2.45, 2.75) is 6.42 Å². The molecule has 0 bridgehead atoms. The van der Waals surface area contributed by atoms with Crippen LogP contribution in [0.2, 0.25) is 0 Å². The number of carbonyl (C=O) groups excluding carboxylic acids is 1. The third kappa shape index (κ3) is 4.67. The minimum absolute atomic E-state index is 0.252. The smallest absolute Gasteiger partial charge is 0.273 e. The molecule has 27 heavy (non-hydrogen) atoms. The van der Waals surface area contributed by atoms with Gasteiger partial charge in [-0.2, -0.15) is 0 Å². The summed E-state index contributed by atoms with van der Waals surface area (Å²) in [4.78, 5) is 14.3. The maximum absolute atomic E-state index is 12.3. The number of hydrogen-bond acceptors (Lipinski definition) is 5. The lowest BCUT2D eigenvalue weighted by atomic mass is 10.1. The molecule has 0 radical (unpaired) electrons. The average Bonchev–Trinajstić information content (AvgIpc) is 3.19. The van der Waals surface area contributed by atoms with Gasteiger partial charge in [0.1, 0.15) is 5.75 Å². The zero-order valence-corrected chi connectivity index (χ0v) is 15.7. The highest BCUT2D eigenvalue weighted by Gasteiger charge is 2.13. The number of benzene rings is 2. The molecule has 0 aliphatic heterocycles. The van der Waals surface area contributed by atoms with E-state index in [1.807, 2.05) is 38.4 Å². The normalized spacial score (nSPS) is 10.5. The summed E-state index contributed by atoms with van der Waals surface area (Å²) in [6, 6.07) is 17.3. The lowest BCUT2D eigenvalue weighted by Crippen LogP contribution is -2.25. The molecule has 6 nitrogen and oxygen atoms in total. The molecule has 0 spiro atoms. The van der Waals surface area contributed by atoms with Crippen LogP contribution in [0.5, 0.6) is 5.75 Å². The van der Waals surface area contributed by atoms with Crippen LogP contribution in [-0.2, 0) is 6.42 Å². The summed E-state index contributed by atoms with van der Waals surface area (Å²) in [5.41, 5.74) is 3.38. The SMILES string of the molecule is COc1cccc(-c2cc(C(=O)NCCc3ccc(N(C)C)cc3)no2)c1. The summed E-state index contributed by atoms with van der Waals surface area (Å²) in [7, 11) is 5.62. The van der Waals surface area contributed by atoms with E-state index < -0.39 is 0 Å². The number of nitrogens with zero attached hydrogens (tertiary/aromatic N) is 2. The second-order valence-corrected chi connectivity index (χ2v) is 6.38. The Bertz CT molecular complexity index is 901. The van der Waals surface area contributed by atoms with Gasteiger partial charge in [-0.05, 0) is 36.2 Å². The first-order valence-corrected chi connectivity index (χ1v) is 8.72. The molecule has 1 N–H and O–H groups in total. The van der Waals surface area contributed by atoms with E-state index >= 15 is 0 Å². The summed E-state index contributed by atoms with van der Waals surface area (Å²) >= 11 is 0. The van der Waals surface area contributed by atoms with Gasteiger partial charge in [-0.1, -0.05) is 29.4 Å². The summed E-state index contributed by atoms with van der Waals surface area (Å²) in [5, 5.41) is 6.75. The molecule has 2 aromatic carbocycles. The van der Waals surface area contributed by atoms with Crippen molar-refractivity contribution in [3.8, 4) is 17.1 Å². The number of methoxy groups -OCH3 is 1. The molecule has 3 aromatic rings. The molecule has 0 aliphatic carbocycles. The van der Waals surface area contributed by atoms with Crippen LogP contribution in [0.1, 0.15) is 16.1 Å². The van der Waals surface area contributed by atoms with Crippen molar-refractivity contribution >= 4 is 11.6 Å². The maximum Gasteiger partial charge on any atom is 0.273 e. The number of anilines is 1. The Morgan fingerprint density at radius 3 is 2.63 bits per heavy atom. The molecular weight excluding hydrogens is 342 g/mol. The van der Waals surface area contributed by atoms with Gasteiger partial charge in [-0.15, -0.1) is 0 Å². The number of carbonyl (C=O) groups is 1. The standard InChI is InChI=1S/C21H23N3O3/c1-24(2)17-9-7-15(8-10-17)11-12-22-21(25)19-14-20(27-23-19)16-5-4-6-18(13-16)26-3/h4-10,13-14H,11-12H2,1-3H3,(H,22,25). The summed E-state index contributed by atoms with van der Waals surface area (Å²) in [6.07, 6.45) is 0.750. The predicted molar refractivity (Wildman–Crippen MR) is 105 cm³/mol. The molecule has 0 saturated heterocycles. The second kappa shape index (κ2) is 8.40. The lowest BCUT2D eigenvalue weighted by Gasteiger charge is -2.12. The molecule has 0 saturated carbocycles. The first kappa shape index (κ1) is 18.5. The van der Waals surface area contributed by atoms with Gasteiger partial charge in [0, 0.05) is 38.0 Å². The maximum atomic E-state index is 12.3. The molecule has 140 valence electrons. The minimum Gasteiger partial charge on any atom is -0.497 e. The third-order valence-electron chi connectivity index (χ3n) is 4.25. The number of nitrogens with one attached hydrogen (secondary N) is 1. The van der Waals surface area contributed by atoms with Crippen molar-refractivity contribution in [3.63, 3.8) is 0 Å². The molecule has 0 fully saturated rings. The number of amides is 1. The molecule has 1 aromatic heterocycles. The summed E-state index contributed by atoms with van der Waals surface area (Å²) < 4.78 is 10.5. The molecular formula is C21H23N3O3. The average molecular weight is 365 g/mol. The highest BCUT2D eigenvalue weighted by molar-refractivity contribution is 5.93. The van der Waals surface area contributed by atoms with E-state index in [1.54, 1.807) is 13.2 Å². The van der Waals surface area contributed by atoms with Crippen molar-refractivity contribution in [1.29, 1.82) is 0 Å². The van der Waals surface area contributed by atoms with E-state index in [1.165, 1.54) is 0 Å². The van der Waals surface area contributed by atoms with Crippen LogP contribution in [-0.4, -0.2) is 38.8 Å². The molecule has 6 heteroatoms. The van der Waals surface area contributed by atoms with Crippen molar-refractivity contribution in [3.05, 3.63) is 65.9 Å². The van der Waals surface area contributed by atoms with Gasteiger partial charge in [0.2, 0.25) is 0 Å². The van der Waals surface area contributed by atoms with E-state index in [0.717, 1.165) is 29.0 Å². The van der Waals surface area contributed by atoms with Gasteiger partial charge in [0.05, 0.1) is 7.11 Å². The van der Waals surface area contributed by atoms with E-state index in [4.69, 9.17) is 9.26 Å². The van der Waals surface area contributed by atoms with E-state index in [9.17, 15) is 4.79 Å². The largest absolute Gasteiger partial charge is 0.497 e. The second-order valence-electron chi connectivity index (χ2n) is 6.38.